The summed E-state index contributed by atoms with van der Waals surface area (Å²) in [5, 5.41) is 0. The fourth-order valence-electron chi connectivity index (χ4n) is 2.90. The van der Waals surface area contributed by atoms with E-state index in [4.69, 9.17) is 4.98 Å². The summed E-state index contributed by atoms with van der Waals surface area (Å²) in [5.74, 6) is 0.837. The number of aromatic amines is 1. The summed E-state index contributed by atoms with van der Waals surface area (Å²) >= 11 is 0. The van der Waals surface area contributed by atoms with E-state index in [1.54, 1.807) is 0 Å². The van der Waals surface area contributed by atoms with Gasteiger partial charge >= 0.3 is 0 Å². The minimum Gasteiger partial charge on any atom is -0.371 e. The molecule has 0 saturated carbocycles. The number of pyridine rings is 1. The van der Waals surface area contributed by atoms with Gasteiger partial charge in [-0.15, -0.1) is 0 Å². The Bertz CT molecular complexity index is 767. The average Bonchev–Trinajstić information content (AvgIpc) is 3.16. The summed E-state index contributed by atoms with van der Waals surface area (Å²) in [5.41, 5.74) is 5.40. The molecule has 0 atom stereocenters. The maximum atomic E-state index is 4.70. The van der Waals surface area contributed by atoms with Crippen LogP contribution in [0.3, 0.4) is 0 Å². The third kappa shape index (κ3) is 2.27. The van der Waals surface area contributed by atoms with Crippen LogP contribution in [0.2, 0.25) is 0 Å². The Morgan fingerprint density at radius 1 is 1.10 bits per heavy atom. The van der Waals surface area contributed by atoms with Crippen molar-refractivity contribution in [2.75, 3.05) is 18.0 Å². The van der Waals surface area contributed by atoms with E-state index in [-0.39, 0.29) is 0 Å². The van der Waals surface area contributed by atoms with Crippen molar-refractivity contribution in [3.63, 3.8) is 0 Å². The van der Waals surface area contributed by atoms with Crippen LogP contribution in [0.5, 0.6) is 0 Å². The lowest BCUT2D eigenvalue weighted by atomic mass is 10.2. The summed E-state index contributed by atoms with van der Waals surface area (Å²) in [7, 11) is 0. The fourth-order valence-corrected chi connectivity index (χ4v) is 2.90. The van der Waals surface area contributed by atoms with Crippen LogP contribution < -0.4 is 4.90 Å². The molecule has 0 bridgehead atoms. The van der Waals surface area contributed by atoms with E-state index in [2.05, 4.69) is 39.1 Å². The minimum absolute atomic E-state index is 0.837. The number of benzene rings is 1. The van der Waals surface area contributed by atoms with Crippen molar-refractivity contribution in [2.24, 2.45) is 0 Å². The van der Waals surface area contributed by atoms with Gasteiger partial charge in [0.1, 0.15) is 5.69 Å². The van der Waals surface area contributed by atoms with E-state index >= 15 is 0 Å². The Hall–Kier alpha value is -2.36. The zero-order valence-electron chi connectivity index (χ0n) is 12.1. The molecule has 0 unspecified atom stereocenters. The minimum atomic E-state index is 0.837. The number of imidazole rings is 1. The molecular formula is C17H18N4. The number of nitrogens with one attached hydrogen (secondary N) is 1. The second kappa shape index (κ2) is 4.88. The topological polar surface area (TPSA) is 44.8 Å². The lowest BCUT2D eigenvalue weighted by molar-refractivity contribution is 0.949. The lowest BCUT2D eigenvalue weighted by Gasteiger charge is -2.16. The zero-order chi connectivity index (χ0) is 14.2. The van der Waals surface area contributed by atoms with Gasteiger partial charge in [0.2, 0.25) is 0 Å². The van der Waals surface area contributed by atoms with Crippen molar-refractivity contribution in [1.82, 2.24) is 15.0 Å². The first-order valence-corrected chi connectivity index (χ1v) is 7.47. The molecule has 3 heterocycles. The standard InChI is InChI=1S/C17H18N4/c1-12-4-6-15(18-11-12)17-19-14-7-5-13(10-16(14)20-17)21-8-2-3-9-21/h4-7,10-11H,2-3,8-9H2,1H3,(H,19,20). The zero-order valence-corrected chi connectivity index (χ0v) is 12.1. The van der Waals surface area contributed by atoms with Crippen molar-refractivity contribution in [3.8, 4) is 11.5 Å². The third-order valence-electron chi connectivity index (χ3n) is 4.09. The van der Waals surface area contributed by atoms with Crippen molar-refractivity contribution in [2.45, 2.75) is 19.8 Å². The van der Waals surface area contributed by atoms with Crippen LogP contribution in [0, 0.1) is 6.92 Å². The molecule has 0 aliphatic carbocycles. The van der Waals surface area contributed by atoms with Gasteiger partial charge in [0.15, 0.2) is 5.82 Å². The molecule has 1 fully saturated rings. The Morgan fingerprint density at radius 3 is 2.71 bits per heavy atom. The number of fused-ring (bicyclic) bond motifs is 1. The van der Waals surface area contributed by atoms with Crippen molar-refractivity contribution in [1.29, 1.82) is 0 Å². The van der Waals surface area contributed by atoms with Gasteiger partial charge in [-0.25, -0.2) is 4.98 Å². The number of aromatic nitrogens is 3. The molecule has 1 N–H and O–H groups in total. The predicted octanol–water partition coefficient (Wildman–Crippen LogP) is 3.53. The highest BCUT2D eigenvalue weighted by molar-refractivity contribution is 5.82. The molecular weight excluding hydrogens is 260 g/mol. The lowest BCUT2D eigenvalue weighted by Crippen LogP contribution is -2.17. The van der Waals surface area contributed by atoms with Crippen molar-refractivity contribution < 1.29 is 0 Å². The molecule has 2 aromatic heterocycles. The Labute approximate surface area is 123 Å². The number of aryl methyl sites for hydroxylation is 1. The van der Waals surface area contributed by atoms with E-state index in [0.717, 1.165) is 41.2 Å². The van der Waals surface area contributed by atoms with Gasteiger partial charge < -0.3 is 9.88 Å². The normalized spacial score (nSPS) is 15.0. The van der Waals surface area contributed by atoms with Crippen LogP contribution >= 0.6 is 0 Å². The predicted molar refractivity (Wildman–Crippen MR) is 85.5 cm³/mol. The van der Waals surface area contributed by atoms with E-state index in [0.29, 0.717) is 0 Å². The highest BCUT2D eigenvalue weighted by Gasteiger charge is 2.14. The average molecular weight is 278 g/mol. The molecule has 3 aromatic rings. The third-order valence-corrected chi connectivity index (χ3v) is 4.09. The monoisotopic (exact) mass is 278 g/mol. The molecule has 0 spiro atoms. The van der Waals surface area contributed by atoms with Crippen LogP contribution in [0.15, 0.2) is 36.5 Å². The molecule has 4 heteroatoms. The first kappa shape index (κ1) is 12.4. The SMILES string of the molecule is Cc1ccc(-c2nc3cc(N4CCCC4)ccc3[nH]2)nc1. The van der Waals surface area contributed by atoms with Crippen molar-refractivity contribution in [3.05, 3.63) is 42.1 Å². The summed E-state index contributed by atoms with van der Waals surface area (Å²) in [6, 6.07) is 10.5. The number of nitrogens with zero attached hydrogens (tertiary/aromatic N) is 3. The molecule has 1 aromatic carbocycles. The summed E-state index contributed by atoms with van der Waals surface area (Å²) < 4.78 is 0. The molecule has 1 saturated heterocycles. The van der Waals surface area contributed by atoms with Gasteiger partial charge in [-0.1, -0.05) is 6.07 Å². The number of hydrogen-bond donors (Lipinski definition) is 1. The molecule has 0 radical (unpaired) electrons. The first-order valence-electron chi connectivity index (χ1n) is 7.47. The maximum absolute atomic E-state index is 4.70. The molecule has 4 rings (SSSR count). The highest BCUT2D eigenvalue weighted by atomic mass is 15.1. The van der Waals surface area contributed by atoms with E-state index in [9.17, 15) is 0 Å². The van der Waals surface area contributed by atoms with Crippen LogP contribution in [-0.4, -0.2) is 28.0 Å². The number of anilines is 1. The fraction of sp³-hybridized carbons (Fsp3) is 0.294. The molecule has 1 aliphatic heterocycles. The Kier molecular flexibility index (Phi) is 2.88. The van der Waals surface area contributed by atoms with Crippen LogP contribution in [0.25, 0.3) is 22.6 Å². The molecule has 1 aliphatic rings. The number of hydrogen-bond acceptors (Lipinski definition) is 3. The van der Waals surface area contributed by atoms with Gasteiger partial charge in [-0.2, -0.15) is 0 Å². The van der Waals surface area contributed by atoms with Crippen molar-refractivity contribution >= 4 is 16.7 Å². The van der Waals surface area contributed by atoms with E-state index in [1.807, 2.05) is 19.2 Å². The molecule has 106 valence electrons. The van der Waals surface area contributed by atoms with E-state index in [1.165, 1.54) is 18.5 Å². The summed E-state index contributed by atoms with van der Waals surface area (Å²) in [6.45, 7) is 4.35. The second-order valence-corrected chi connectivity index (χ2v) is 5.70. The van der Waals surface area contributed by atoms with Gasteiger partial charge in [0.25, 0.3) is 0 Å². The summed E-state index contributed by atoms with van der Waals surface area (Å²) in [4.78, 5) is 14.9. The highest BCUT2D eigenvalue weighted by Crippen LogP contribution is 2.26. The number of H-pyrrole nitrogens is 1. The number of rotatable bonds is 2. The Balaban J connectivity index is 1.73. The maximum Gasteiger partial charge on any atom is 0.157 e. The van der Waals surface area contributed by atoms with Crippen LogP contribution in [-0.2, 0) is 0 Å². The Morgan fingerprint density at radius 2 is 1.95 bits per heavy atom. The first-order chi connectivity index (χ1) is 10.3. The second-order valence-electron chi connectivity index (χ2n) is 5.70. The van der Waals surface area contributed by atoms with E-state index < -0.39 is 0 Å². The largest absolute Gasteiger partial charge is 0.371 e. The quantitative estimate of drug-likeness (QED) is 0.780. The van der Waals surface area contributed by atoms with Crippen LogP contribution in [0.1, 0.15) is 18.4 Å². The van der Waals surface area contributed by atoms with Gasteiger partial charge in [-0.3, -0.25) is 4.98 Å². The van der Waals surface area contributed by atoms with Gasteiger partial charge in [-0.05, 0) is 49.6 Å². The van der Waals surface area contributed by atoms with Crippen LogP contribution in [0.4, 0.5) is 5.69 Å². The summed E-state index contributed by atoms with van der Waals surface area (Å²) in [6.07, 6.45) is 4.45. The van der Waals surface area contributed by atoms with Gasteiger partial charge in [0, 0.05) is 25.0 Å². The molecule has 4 nitrogen and oxygen atoms in total. The van der Waals surface area contributed by atoms with Gasteiger partial charge in [0.05, 0.1) is 11.0 Å². The molecule has 0 amide bonds. The molecule has 21 heavy (non-hydrogen) atoms. The smallest absolute Gasteiger partial charge is 0.157 e.